The van der Waals surface area contributed by atoms with E-state index in [0.717, 1.165) is 0 Å². The van der Waals surface area contributed by atoms with E-state index >= 15 is 0 Å². The summed E-state index contributed by atoms with van der Waals surface area (Å²) in [7, 11) is 0. The number of hydrogen-bond donors (Lipinski definition) is 3. The minimum Gasteiger partial charge on any atom is -0.347 e. The number of thiocarbonyl (C=S) groups is 1. The monoisotopic (exact) mass is 307 g/mol. The van der Waals surface area contributed by atoms with E-state index in [0.29, 0.717) is 17.7 Å². The molecule has 0 bridgehead atoms. The Bertz CT molecular complexity index is 550. The van der Waals surface area contributed by atoms with Crippen molar-refractivity contribution >= 4 is 34.8 Å². The summed E-state index contributed by atoms with van der Waals surface area (Å²) in [5.41, 5.74) is 0.697. The van der Waals surface area contributed by atoms with Crippen LogP contribution in [0.15, 0.2) is 24.3 Å². The summed E-state index contributed by atoms with van der Waals surface area (Å²) in [5, 5.41) is 8.49. The summed E-state index contributed by atoms with van der Waals surface area (Å²) in [4.78, 5) is 23.6. The van der Waals surface area contributed by atoms with Crippen LogP contribution >= 0.6 is 12.2 Å². The molecular weight excluding hydrogens is 286 g/mol. The number of anilines is 1. The molecule has 0 spiro atoms. The average Bonchev–Trinajstić information content (AvgIpc) is 2.36. The quantitative estimate of drug-likeness (QED) is 0.750. The summed E-state index contributed by atoms with van der Waals surface area (Å²) < 4.78 is 0. The van der Waals surface area contributed by atoms with Gasteiger partial charge in [-0.25, -0.2) is 0 Å². The summed E-state index contributed by atoms with van der Waals surface area (Å²) >= 11 is 5.06. The van der Waals surface area contributed by atoms with Crippen LogP contribution in [-0.4, -0.2) is 22.5 Å². The van der Waals surface area contributed by atoms with E-state index in [1.54, 1.807) is 31.2 Å². The van der Waals surface area contributed by atoms with Crippen LogP contribution in [0.3, 0.4) is 0 Å². The van der Waals surface area contributed by atoms with Gasteiger partial charge in [0.15, 0.2) is 5.11 Å². The van der Waals surface area contributed by atoms with Crippen molar-refractivity contribution in [2.45, 2.75) is 39.7 Å². The Labute approximate surface area is 130 Å². The van der Waals surface area contributed by atoms with Crippen molar-refractivity contribution in [3.8, 4) is 0 Å². The van der Waals surface area contributed by atoms with Crippen molar-refractivity contribution in [2.75, 3.05) is 5.32 Å². The van der Waals surface area contributed by atoms with Crippen molar-refractivity contribution < 1.29 is 9.59 Å². The minimum absolute atomic E-state index is 0.177. The van der Waals surface area contributed by atoms with Crippen molar-refractivity contribution in [3.05, 3.63) is 29.8 Å². The molecule has 2 amide bonds. The second-order valence-electron chi connectivity index (χ2n) is 5.61. The van der Waals surface area contributed by atoms with Gasteiger partial charge in [0.1, 0.15) is 0 Å². The van der Waals surface area contributed by atoms with Crippen molar-refractivity contribution in [1.82, 2.24) is 10.6 Å². The lowest BCUT2D eigenvalue weighted by atomic mass is 10.1. The van der Waals surface area contributed by atoms with E-state index in [4.69, 9.17) is 12.2 Å². The Kier molecular flexibility index (Phi) is 5.84. The van der Waals surface area contributed by atoms with Crippen molar-refractivity contribution in [3.63, 3.8) is 0 Å². The van der Waals surface area contributed by atoms with Crippen molar-refractivity contribution in [1.29, 1.82) is 0 Å². The zero-order chi connectivity index (χ0) is 16.0. The van der Waals surface area contributed by atoms with E-state index < -0.39 is 0 Å². The van der Waals surface area contributed by atoms with E-state index in [9.17, 15) is 9.59 Å². The van der Waals surface area contributed by atoms with E-state index in [-0.39, 0.29) is 22.5 Å². The molecule has 6 heteroatoms. The SMILES string of the molecule is CCC(=O)NC(=S)Nc1ccccc1C(=O)NC(C)(C)C. The molecule has 0 atom stereocenters. The summed E-state index contributed by atoms with van der Waals surface area (Å²) in [6, 6.07) is 7.01. The van der Waals surface area contributed by atoms with Crippen LogP contribution in [0.4, 0.5) is 5.69 Å². The van der Waals surface area contributed by atoms with Crippen molar-refractivity contribution in [2.24, 2.45) is 0 Å². The first-order chi connectivity index (χ1) is 9.73. The first-order valence-electron chi connectivity index (χ1n) is 6.75. The van der Waals surface area contributed by atoms with Gasteiger partial charge in [0, 0.05) is 12.0 Å². The molecule has 0 saturated heterocycles. The molecule has 21 heavy (non-hydrogen) atoms. The molecule has 0 aromatic heterocycles. The topological polar surface area (TPSA) is 70.2 Å². The van der Waals surface area contributed by atoms with E-state index in [2.05, 4.69) is 16.0 Å². The molecule has 0 fully saturated rings. The zero-order valence-electron chi connectivity index (χ0n) is 12.7. The zero-order valence-corrected chi connectivity index (χ0v) is 13.6. The maximum Gasteiger partial charge on any atom is 0.253 e. The minimum atomic E-state index is -0.332. The van der Waals surface area contributed by atoms with Gasteiger partial charge in [0.25, 0.3) is 5.91 Å². The standard InChI is InChI=1S/C15H21N3O2S/c1-5-12(19)17-14(21)16-11-9-7-6-8-10(11)13(20)18-15(2,3)4/h6-9H,5H2,1-4H3,(H,18,20)(H2,16,17,19,21). The molecule has 3 N–H and O–H groups in total. The van der Waals surface area contributed by atoms with Gasteiger partial charge in [-0.05, 0) is 45.1 Å². The predicted molar refractivity (Wildman–Crippen MR) is 88.3 cm³/mol. The van der Waals surface area contributed by atoms with Crippen LogP contribution in [0.25, 0.3) is 0 Å². The molecule has 0 heterocycles. The smallest absolute Gasteiger partial charge is 0.253 e. The van der Waals surface area contributed by atoms with Gasteiger partial charge in [0.05, 0.1) is 11.3 Å². The van der Waals surface area contributed by atoms with Gasteiger partial charge in [-0.3, -0.25) is 9.59 Å². The highest BCUT2D eigenvalue weighted by Crippen LogP contribution is 2.16. The highest BCUT2D eigenvalue weighted by Gasteiger charge is 2.18. The second-order valence-corrected chi connectivity index (χ2v) is 6.01. The summed E-state index contributed by atoms with van der Waals surface area (Å²) in [6.45, 7) is 7.47. The van der Waals surface area contributed by atoms with E-state index in [1.807, 2.05) is 20.8 Å². The van der Waals surface area contributed by atoms with Crippen LogP contribution < -0.4 is 16.0 Å². The Morgan fingerprint density at radius 2 is 1.81 bits per heavy atom. The van der Waals surface area contributed by atoms with Crippen LogP contribution in [-0.2, 0) is 4.79 Å². The number of hydrogen-bond acceptors (Lipinski definition) is 3. The molecule has 114 valence electrons. The Hall–Kier alpha value is -1.95. The maximum atomic E-state index is 12.3. The summed E-state index contributed by atoms with van der Waals surface area (Å²) in [6.07, 6.45) is 0.341. The molecule has 0 saturated carbocycles. The first kappa shape index (κ1) is 17.1. The Morgan fingerprint density at radius 3 is 2.38 bits per heavy atom. The highest BCUT2D eigenvalue weighted by molar-refractivity contribution is 7.80. The molecule has 1 aromatic rings. The molecule has 0 unspecified atom stereocenters. The van der Waals surface area contributed by atoms with Gasteiger partial charge in [-0.15, -0.1) is 0 Å². The van der Waals surface area contributed by atoms with Crippen LogP contribution in [0.1, 0.15) is 44.5 Å². The van der Waals surface area contributed by atoms with Gasteiger partial charge in [0.2, 0.25) is 5.91 Å². The van der Waals surface area contributed by atoms with Crippen LogP contribution in [0.5, 0.6) is 0 Å². The summed E-state index contributed by atoms with van der Waals surface area (Å²) in [5.74, 6) is -0.376. The lowest BCUT2D eigenvalue weighted by molar-refractivity contribution is -0.119. The molecule has 0 aliphatic carbocycles. The first-order valence-corrected chi connectivity index (χ1v) is 7.16. The highest BCUT2D eigenvalue weighted by atomic mass is 32.1. The Balaban J connectivity index is 2.87. The lowest BCUT2D eigenvalue weighted by Gasteiger charge is -2.21. The van der Waals surface area contributed by atoms with Gasteiger partial charge in [-0.2, -0.15) is 0 Å². The van der Waals surface area contributed by atoms with Gasteiger partial charge >= 0.3 is 0 Å². The van der Waals surface area contributed by atoms with Gasteiger partial charge in [-0.1, -0.05) is 19.1 Å². The average molecular weight is 307 g/mol. The largest absolute Gasteiger partial charge is 0.347 e. The third-order valence-corrected chi connectivity index (χ3v) is 2.69. The predicted octanol–water partition coefficient (Wildman–Crippen LogP) is 2.44. The molecule has 1 rings (SSSR count). The number of para-hydroxylation sites is 1. The molecule has 0 aliphatic rings. The fraction of sp³-hybridized carbons (Fsp3) is 0.400. The van der Waals surface area contributed by atoms with Crippen LogP contribution in [0, 0.1) is 0 Å². The molecule has 5 nitrogen and oxygen atoms in total. The maximum absolute atomic E-state index is 12.3. The third kappa shape index (κ3) is 5.91. The van der Waals surface area contributed by atoms with Crippen LogP contribution in [0.2, 0.25) is 0 Å². The van der Waals surface area contributed by atoms with E-state index in [1.165, 1.54) is 0 Å². The van der Waals surface area contributed by atoms with Gasteiger partial charge < -0.3 is 16.0 Å². The number of nitrogens with one attached hydrogen (secondary N) is 3. The number of benzene rings is 1. The number of carbonyl (C=O) groups excluding carboxylic acids is 2. The molecule has 0 aliphatic heterocycles. The number of amides is 2. The fourth-order valence-corrected chi connectivity index (χ4v) is 1.79. The number of rotatable bonds is 3. The third-order valence-electron chi connectivity index (χ3n) is 2.48. The normalized spacial score (nSPS) is 10.7. The Morgan fingerprint density at radius 1 is 1.19 bits per heavy atom. The molecule has 0 radical (unpaired) electrons. The number of carbonyl (C=O) groups is 2. The molecular formula is C15H21N3O2S. The molecule has 1 aromatic carbocycles. The fourth-order valence-electron chi connectivity index (χ4n) is 1.57. The second kappa shape index (κ2) is 7.17. The lowest BCUT2D eigenvalue weighted by Crippen LogP contribution is -2.41.